The van der Waals surface area contributed by atoms with Crippen LogP contribution in [0, 0.1) is 0 Å². The van der Waals surface area contributed by atoms with E-state index in [0.29, 0.717) is 5.54 Å². The molecule has 1 rings (SSSR count). The van der Waals surface area contributed by atoms with Crippen molar-refractivity contribution in [3.8, 4) is 0 Å². The number of hydrogen-bond acceptors (Lipinski definition) is 2. The van der Waals surface area contributed by atoms with E-state index in [2.05, 4.69) is 0 Å². The van der Waals surface area contributed by atoms with Gasteiger partial charge >= 0.3 is 0 Å². The van der Waals surface area contributed by atoms with E-state index >= 15 is 0 Å². The van der Waals surface area contributed by atoms with Crippen molar-refractivity contribution in [3.63, 3.8) is 0 Å². The second-order valence-electron chi connectivity index (χ2n) is 2.23. The molecule has 0 radical (unpaired) electrons. The van der Waals surface area contributed by atoms with Gasteiger partial charge in [0.15, 0.2) is 0 Å². The summed E-state index contributed by atoms with van der Waals surface area (Å²) < 4.78 is 35.2. The van der Waals surface area contributed by atoms with Crippen molar-refractivity contribution in [2.24, 2.45) is 0 Å². The van der Waals surface area contributed by atoms with Crippen LogP contribution in [0.5, 0.6) is 0 Å². The third kappa shape index (κ3) is 2.08. The first kappa shape index (κ1) is 10.2. The lowest BCUT2D eigenvalue weighted by molar-refractivity contribution is 0.578. The molecule has 5 heteroatoms. The number of halogens is 2. The molecule has 0 aliphatic rings. The van der Waals surface area contributed by atoms with Gasteiger partial charge in [-0.05, 0) is 12.1 Å². The minimum absolute atomic E-state index is 0.107. The van der Waals surface area contributed by atoms with E-state index in [4.69, 9.17) is 11.6 Å². The highest BCUT2D eigenvalue weighted by Crippen LogP contribution is 2.19. The topological polar surface area (TPSA) is 34.1 Å². The lowest BCUT2D eigenvalue weighted by Gasteiger charge is -1.98. The fourth-order valence-electron chi connectivity index (χ4n) is 0.771. The molecule has 0 spiro atoms. The van der Waals surface area contributed by atoms with Crippen molar-refractivity contribution in [1.82, 2.24) is 0 Å². The van der Waals surface area contributed by atoms with E-state index in [0.717, 1.165) is 0 Å². The molecule has 13 heavy (non-hydrogen) atoms. The van der Waals surface area contributed by atoms with Crippen molar-refractivity contribution in [2.45, 2.75) is 4.90 Å². The summed E-state index contributed by atoms with van der Waals surface area (Å²) in [5, 5.41) is -1.35. The number of sulfone groups is 1. The first-order chi connectivity index (χ1) is 6.09. The minimum atomic E-state index is -4.03. The van der Waals surface area contributed by atoms with Gasteiger partial charge in [0.2, 0.25) is 15.0 Å². The predicted octanol–water partition coefficient (Wildman–Crippen LogP) is 2.47. The first-order valence-corrected chi connectivity index (χ1v) is 5.27. The molecule has 1 aromatic rings. The molecule has 1 aromatic carbocycles. The Morgan fingerprint density at radius 3 is 2.31 bits per heavy atom. The Kier molecular flexibility index (Phi) is 3.06. The Hall–Kier alpha value is -0.870. The first-order valence-electron chi connectivity index (χ1n) is 3.35. The lowest BCUT2D eigenvalue weighted by Crippen LogP contribution is -2.00. The lowest BCUT2D eigenvalue weighted by atomic mass is 10.4. The van der Waals surface area contributed by atoms with E-state index in [1.54, 1.807) is 6.07 Å². The van der Waals surface area contributed by atoms with Crippen LogP contribution in [0.25, 0.3) is 0 Å². The fraction of sp³-hybridized carbons (Fsp3) is 0. The number of benzene rings is 1. The fourth-order valence-corrected chi connectivity index (χ4v) is 1.98. The molecule has 0 fully saturated rings. The van der Waals surface area contributed by atoms with Gasteiger partial charge in [-0.1, -0.05) is 29.8 Å². The molecule has 2 nitrogen and oxygen atoms in total. The standard InChI is InChI=1S/C8H6ClFO2S/c9-6-8(10)13(11,12)7-4-2-1-3-5-7/h1-6H/b8-6+. The average molecular weight is 221 g/mol. The van der Waals surface area contributed by atoms with E-state index < -0.39 is 15.0 Å². The third-order valence-electron chi connectivity index (χ3n) is 1.40. The molecule has 0 aliphatic heterocycles. The highest BCUT2D eigenvalue weighted by atomic mass is 35.5. The van der Waals surface area contributed by atoms with Gasteiger partial charge in [0.1, 0.15) is 0 Å². The van der Waals surface area contributed by atoms with Crippen LogP contribution in [0.15, 0.2) is 45.9 Å². The molecular weight excluding hydrogens is 215 g/mol. The Labute approximate surface area is 80.6 Å². The van der Waals surface area contributed by atoms with Crippen LogP contribution < -0.4 is 0 Å². The number of hydrogen-bond donors (Lipinski definition) is 0. The maximum Gasteiger partial charge on any atom is 0.234 e. The van der Waals surface area contributed by atoms with Gasteiger partial charge in [-0.25, -0.2) is 8.42 Å². The molecule has 0 saturated heterocycles. The van der Waals surface area contributed by atoms with E-state index in [9.17, 15) is 12.8 Å². The van der Waals surface area contributed by atoms with Gasteiger partial charge in [0, 0.05) is 0 Å². The second kappa shape index (κ2) is 3.89. The van der Waals surface area contributed by atoms with Crippen molar-refractivity contribution < 1.29 is 12.8 Å². The molecular formula is C8H6ClFO2S. The van der Waals surface area contributed by atoms with E-state index in [1.165, 1.54) is 24.3 Å². The zero-order valence-corrected chi connectivity index (χ0v) is 8.02. The molecule has 0 aromatic heterocycles. The van der Waals surface area contributed by atoms with Crippen molar-refractivity contribution in [3.05, 3.63) is 41.0 Å². The van der Waals surface area contributed by atoms with Crippen LogP contribution in [0.4, 0.5) is 4.39 Å². The Balaban J connectivity index is 3.25. The molecule has 0 saturated carbocycles. The second-order valence-corrected chi connectivity index (χ2v) is 4.32. The van der Waals surface area contributed by atoms with Crippen LogP contribution in [0.1, 0.15) is 0 Å². The molecule has 0 unspecified atom stereocenters. The molecule has 70 valence electrons. The van der Waals surface area contributed by atoms with Crippen LogP contribution in [0.3, 0.4) is 0 Å². The van der Waals surface area contributed by atoms with Gasteiger partial charge in [0.25, 0.3) is 0 Å². The molecule has 0 amide bonds. The number of rotatable bonds is 2. The SMILES string of the molecule is O=S(=O)(/C(F)=C/Cl)c1ccccc1. The van der Waals surface area contributed by atoms with E-state index in [-0.39, 0.29) is 4.90 Å². The summed E-state index contributed by atoms with van der Waals surface area (Å²) in [5.41, 5.74) is 0.405. The Morgan fingerprint density at radius 1 is 1.31 bits per heavy atom. The molecule has 0 heterocycles. The summed E-state index contributed by atoms with van der Waals surface area (Å²) in [5.74, 6) is 0. The quantitative estimate of drug-likeness (QED) is 0.767. The summed E-state index contributed by atoms with van der Waals surface area (Å²) in [6.07, 6.45) is 0. The van der Waals surface area contributed by atoms with Gasteiger partial charge in [-0.3, -0.25) is 0 Å². The highest BCUT2D eigenvalue weighted by Gasteiger charge is 2.19. The van der Waals surface area contributed by atoms with Crippen LogP contribution >= 0.6 is 11.6 Å². The predicted molar refractivity (Wildman–Crippen MR) is 48.7 cm³/mol. The van der Waals surface area contributed by atoms with Crippen LogP contribution in [-0.4, -0.2) is 8.42 Å². The maximum atomic E-state index is 12.7. The Bertz CT molecular complexity index is 411. The smallest absolute Gasteiger partial charge is 0.216 e. The maximum absolute atomic E-state index is 12.7. The molecule has 0 N–H and O–H groups in total. The van der Waals surface area contributed by atoms with Crippen molar-refractivity contribution in [1.29, 1.82) is 0 Å². The summed E-state index contributed by atoms with van der Waals surface area (Å²) in [6.45, 7) is 0. The zero-order chi connectivity index (χ0) is 9.90. The van der Waals surface area contributed by atoms with Crippen molar-refractivity contribution >= 4 is 21.4 Å². The van der Waals surface area contributed by atoms with Crippen LogP contribution in [-0.2, 0) is 9.84 Å². The minimum Gasteiger partial charge on any atom is -0.216 e. The van der Waals surface area contributed by atoms with E-state index in [1.807, 2.05) is 0 Å². The average Bonchev–Trinajstić information content (AvgIpc) is 2.18. The molecule has 0 aliphatic carbocycles. The summed E-state index contributed by atoms with van der Waals surface area (Å²) >= 11 is 4.97. The largest absolute Gasteiger partial charge is 0.234 e. The normalized spacial score (nSPS) is 12.9. The Morgan fingerprint density at radius 2 is 1.85 bits per heavy atom. The molecule has 0 atom stereocenters. The molecule has 0 bridgehead atoms. The van der Waals surface area contributed by atoms with Gasteiger partial charge in [0.05, 0.1) is 10.4 Å². The monoisotopic (exact) mass is 220 g/mol. The summed E-state index contributed by atoms with van der Waals surface area (Å²) in [7, 11) is -4.03. The zero-order valence-electron chi connectivity index (χ0n) is 6.44. The summed E-state index contributed by atoms with van der Waals surface area (Å²) in [6, 6.07) is 7.26. The van der Waals surface area contributed by atoms with Crippen LogP contribution in [0.2, 0.25) is 0 Å². The third-order valence-corrected chi connectivity index (χ3v) is 3.24. The highest BCUT2D eigenvalue weighted by molar-refractivity contribution is 7.95. The van der Waals surface area contributed by atoms with Gasteiger partial charge in [-0.2, -0.15) is 4.39 Å². The van der Waals surface area contributed by atoms with Gasteiger partial charge < -0.3 is 0 Å². The summed E-state index contributed by atoms with van der Waals surface area (Å²) in [4.78, 5) is -0.107. The van der Waals surface area contributed by atoms with Gasteiger partial charge in [-0.15, -0.1) is 0 Å². The van der Waals surface area contributed by atoms with Crippen molar-refractivity contribution in [2.75, 3.05) is 0 Å².